The zero-order chi connectivity index (χ0) is 18.8. The summed E-state index contributed by atoms with van der Waals surface area (Å²) in [5, 5.41) is 12.0. The minimum absolute atomic E-state index is 0.109. The fourth-order valence-corrected chi connectivity index (χ4v) is 7.24. The summed E-state index contributed by atoms with van der Waals surface area (Å²) in [6, 6.07) is 0. The summed E-state index contributed by atoms with van der Waals surface area (Å²) >= 11 is 0. The monoisotopic (exact) mass is 388 g/mol. The van der Waals surface area contributed by atoms with Gasteiger partial charge in [-0.25, -0.2) is 0 Å². The Hall–Kier alpha value is -0.210. The summed E-state index contributed by atoms with van der Waals surface area (Å²) in [4.78, 5) is 0. The molecule has 7 heteroatoms. The molecule has 4 rings (SSSR count). The van der Waals surface area contributed by atoms with Gasteiger partial charge in [-0.2, -0.15) is 8.42 Å². The second-order valence-electron chi connectivity index (χ2n) is 9.37. The molecule has 1 unspecified atom stereocenters. The van der Waals surface area contributed by atoms with Crippen molar-refractivity contribution in [3.8, 4) is 0 Å². The third kappa shape index (κ3) is 2.61. The van der Waals surface area contributed by atoms with E-state index in [0.717, 1.165) is 51.4 Å². The third-order valence-corrected chi connectivity index (χ3v) is 8.41. The van der Waals surface area contributed by atoms with Crippen molar-refractivity contribution in [1.29, 1.82) is 0 Å². The number of hydrogen-bond donors (Lipinski definition) is 1. The Morgan fingerprint density at radius 2 is 1.81 bits per heavy atom. The number of ether oxygens (including phenoxy) is 2. The topological polar surface area (TPSA) is 82.1 Å². The van der Waals surface area contributed by atoms with Gasteiger partial charge in [0.1, 0.15) is 11.7 Å². The van der Waals surface area contributed by atoms with Crippen LogP contribution in [0.5, 0.6) is 0 Å². The summed E-state index contributed by atoms with van der Waals surface area (Å²) in [6.07, 6.45) is 7.07. The Morgan fingerprint density at radius 3 is 2.46 bits per heavy atom. The molecule has 3 aliphatic carbocycles. The van der Waals surface area contributed by atoms with Crippen LogP contribution in [-0.2, 0) is 23.8 Å². The zero-order valence-corrected chi connectivity index (χ0v) is 16.9. The Balaban J connectivity index is 1.67. The van der Waals surface area contributed by atoms with Crippen molar-refractivity contribution in [3.63, 3.8) is 0 Å². The van der Waals surface area contributed by atoms with E-state index in [4.69, 9.17) is 13.7 Å². The lowest BCUT2D eigenvalue weighted by Crippen LogP contribution is -2.69. The molecule has 1 heterocycles. The Morgan fingerprint density at radius 1 is 1.08 bits per heavy atom. The molecule has 1 spiro atoms. The fraction of sp³-hybridized carbons (Fsp3) is 1.00. The van der Waals surface area contributed by atoms with Gasteiger partial charge in [0.25, 0.3) is 10.1 Å². The number of hydrogen-bond acceptors (Lipinski definition) is 6. The fourth-order valence-electron chi connectivity index (χ4n) is 6.58. The van der Waals surface area contributed by atoms with E-state index in [2.05, 4.69) is 13.8 Å². The molecule has 1 saturated heterocycles. The highest BCUT2D eigenvalue weighted by Gasteiger charge is 2.77. The quantitative estimate of drug-likeness (QED) is 0.746. The van der Waals surface area contributed by atoms with Crippen LogP contribution in [0.4, 0.5) is 0 Å². The molecule has 1 aliphatic heterocycles. The van der Waals surface area contributed by atoms with Crippen molar-refractivity contribution in [2.45, 2.75) is 89.3 Å². The van der Waals surface area contributed by atoms with E-state index in [1.54, 1.807) is 0 Å². The lowest BCUT2D eigenvalue weighted by atomic mass is 9.52. The lowest BCUT2D eigenvalue weighted by molar-refractivity contribution is -0.289. The van der Waals surface area contributed by atoms with Gasteiger partial charge < -0.3 is 14.6 Å². The molecule has 0 amide bonds. The van der Waals surface area contributed by atoms with E-state index in [9.17, 15) is 13.5 Å². The molecule has 0 radical (unpaired) electrons. The summed E-state index contributed by atoms with van der Waals surface area (Å²) in [5.41, 5.74) is -2.06. The highest BCUT2D eigenvalue weighted by Crippen LogP contribution is 2.73. The van der Waals surface area contributed by atoms with Crippen LogP contribution in [0.2, 0.25) is 0 Å². The van der Waals surface area contributed by atoms with Crippen molar-refractivity contribution >= 4 is 10.1 Å². The predicted molar refractivity (Wildman–Crippen MR) is 95.9 cm³/mol. The maximum absolute atomic E-state index is 12.0. The van der Waals surface area contributed by atoms with Crippen LogP contribution in [-0.4, -0.2) is 50.5 Å². The molecular formula is C19H32O6S. The van der Waals surface area contributed by atoms with Gasteiger partial charge in [0.05, 0.1) is 12.4 Å². The molecule has 26 heavy (non-hydrogen) atoms. The van der Waals surface area contributed by atoms with Crippen LogP contribution in [0, 0.1) is 16.7 Å². The summed E-state index contributed by atoms with van der Waals surface area (Å²) < 4.78 is 41.4. The molecule has 6 atom stereocenters. The normalized spacial score (nSPS) is 47.7. The third-order valence-electron chi connectivity index (χ3n) is 7.83. The Labute approximate surface area is 156 Å². The lowest BCUT2D eigenvalue weighted by Gasteiger charge is -2.60. The number of rotatable bonds is 4. The summed E-state index contributed by atoms with van der Waals surface area (Å²) in [6.45, 7) is 4.86. The largest absolute Gasteiger partial charge is 0.386 e. The van der Waals surface area contributed by atoms with Gasteiger partial charge >= 0.3 is 0 Å². The smallest absolute Gasteiger partial charge is 0.264 e. The SMILES string of the molecule is CC1(C)[C@H]2CC[C@@]3(C2)[C@@H](OC2CCCCO2)CC[C@H](OS(C)(=O)=O)[C@@]13O. The highest BCUT2D eigenvalue weighted by molar-refractivity contribution is 7.86. The molecule has 0 aromatic heterocycles. The van der Waals surface area contributed by atoms with Crippen molar-refractivity contribution in [3.05, 3.63) is 0 Å². The standard InChI is InChI=1S/C19H32O6S/c1-17(2)13-9-10-18(12-13)14(24-16-6-4-5-11-23-16)7-8-15(19(17,18)20)25-26(3,21)22/h13-16,20H,4-12H2,1-3H3/t13-,14-,15-,16?,18+,19+/m0/s1. The molecule has 2 bridgehead atoms. The van der Waals surface area contributed by atoms with E-state index in [1.807, 2.05) is 0 Å². The van der Waals surface area contributed by atoms with Gasteiger partial charge in [-0.1, -0.05) is 13.8 Å². The maximum atomic E-state index is 12.0. The van der Waals surface area contributed by atoms with E-state index < -0.39 is 32.7 Å². The van der Waals surface area contributed by atoms with E-state index in [-0.39, 0.29) is 12.4 Å². The first-order valence-electron chi connectivity index (χ1n) is 9.98. The van der Waals surface area contributed by atoms with Crippen LogP contribution in [0.1, 0.15) is 65.2 Å². The molecule has 1 N–H and O–H groups in total. The van der Waals surface area contributed by atoms with E-state index in [0.29, 0.717) is 18.8 Å². The first-order chi connectivity index (χ1) is 12.1. The van der Waals surface area contributed by atoms with Crippen molar-refractivity contribution in [2.24, 2.45) is 16.7 Å². The Bertz CT molecular complexity index is 655. The van der Waals surface area contributed by atoms with Crippen molar-refractivity contribution in [1.82, 2.24) is 0 Å². The molecule has 4 aliphatic rings. The average molecular weight is 389 g/mol. The molecule has 3 saturated carbocycles. The zero-order valence-electron chi connectivity index (χ0n) is 16.1. The van der Waals surface area contributed by atoms with E-state index in [1.165, 1.54) is 0 Å². The molecule has 0 aromatic rings. The summed E-state index contributed by atoms with van der Waals surface area (Å²) in [7, 11) is -3.64. The summed E-state index contributed by atoms with van der Waals surface area (Å²) in [5.74, 6) is 0.356. The second-order valence-corrected chi connectivity index (χ2v) is 11.0. The average Bonchev–Trinajstić information content (AvgIpc) is 3.07. The van der Waals surface area contributed by atoms with Crippen LogP contribution in [0.15, 0.2) is 0 Å². The molecular weight excluding hydrogens is 356 g/mol. The minimum atomic E-state index is -3.64. The van der Waals surface area contributed by atoms with Crippen LogP contribution in [0.25, 0.3) is 0 Å². The van der Waals surface area contributed by atoms with E-state index >= 15 is 0 Å². The van der Waals surface area contributed by atoms with Crippen molar-refractivity contribution < 1.29 is 27.2 Å². The van der Waals surface area contributed by atoms with Gasteiger partial charge in [-0.15, -0.1) is 0 Å². The number of aliphatic hydroxyl groups is 1. The van der Waals surface area contributed by atoms with Gasteiger partial charge in [-0.05, 0) is 62.7 Å². The van der Waals surface area contributed by atoms with Gasteiger partial charge in [0, 0.05) is 12.0 Å². The van der Waals surface area contributed by atoms with Gasteiger partial charge in [0.15, 0.2) is 6.29 Å². The molecule has 6 nitrogen and oxygen atoms in total. The van der Waals surface area contributed by atoms with Gasteiger partial charge in [-0.3, -0.25) is 4.18 Å². The van der Waals surface area contributed by atoms with Crippen LogP contribution >= 0.6 is 0 Å². The molecule has 150 valence electrons. The first-order valence-corrected chi connectivity index (χ1v) is 11.8. The highest BCUT2D eigenvalue weighted by atomic mass is 32.2. The number of fused-ring (bicyclic) bond motifs is 1. The Kier molecular flexibility index (Phi) is 4.52. The first kappa shape index (κ1) is 19.1. The predicted octanol–water partition coefficient (Wildman–Crippen LogP) is 2.59. The van der Waals surface area contributed by atoms with Crippen LogP contribution < -0.4 is 0 Å². The minimum Gasteiger partial charge on any atom is -0.386 e. The molecule has 4 fully saturated rings. The van der Waals surface area contributed by atoms with Gasteiger partial charge in [0.2, 0.25) is 0 Å². The second kappa shape index (κ2) is 6.14. The molecule has 0 aromatic carbocycles. The maximum Gasteiger partial charge on any atom is 0.264 e. The van der Waals surface area contributed by atoms with Crippen LogP contribution in [0.3, 0.4) is 0 Å². The van der Waals surface area contributed by atoms with Crippen molar-refractivity contribution in [2.75, 3.05) is 12.9 Å².